The van der Waals surface area contributed by atoms with Crippen LogP contribution in [0.25, 0.3) is 0 Å². The van der Waals surface area contributed by atoms with Crippen LogP contribution in [0.2, 0.25) is 0 Å². The number of pyridine rings is 1. The fourth-order valence-electron chi connectivity index (χ4n) is 1.34. The van der Waals surface area contributed by atoms with E-state index in [2.05, 4.69) is 20.9 Å². The first kappa shape index (κ1) is 12.3. The average molecular weight is 310 g/mol. The molecule has 0 aliphatic carbocycles. The molecule has 2 aromatic rings. The molecule has 0 atom stereocenters. The minimum absolute atomic E-state index is 0.0978. The number of hydrogen-bond donors (Lipinski definition) is 1. The first-order chi connectivity index (χ1) is 8.58. The van der Waals surface area contributed by atoms with E-state index in [1.165, 1.54) is 6.20 Å². The van der Waals surface area contributed by atoms with Crippen molar-refractivity contribution in [2.24, 2.45) is 0 Å². The van der Waals surface area contributed by atoms with Crippen LogP contribution in [0.1, 0.15) is 0 Å². The molecule has 0 fully saturated rings. The Labute approximate surface area is 111 Å². The van der Waals surface area contributed by atoms with Crippen LogP contribution in [0.15, 0.2) is 41.1 Å². The highest BCUT2D eigenvalue weighted by atomic mass is 79.9. The van der Waals surface area contributed by atoms with Crippen molar-refractivity contribution in [2.75, 3.05) is 5.73 Å². The second-order valence-electron chi connectivity index (χ2n) is 3.40. The summed E-state index contributed by atoms with van der Waals surface area (Å²) < 4.78 is 5.88. The highest BCUT2D eigenvalue weighted by Gasteiger charge is 2.19. The van der Waals surface area contributed by atoms with Crippen molar-refractivity contribution in [2.45, 2.75) is 0 Å². The Kier molecular flexibility index (Phi) is 3.42. The lowest BCUT2D eigenvalue weighted by Gasteiger charge is -2.08. The van der Waals surface area contributed by atoms with Crippen molar-refractivity contribution in [3.8, 4) is 11.5 Å². The van der Waals surface area contributed by atoms with Crippen molar-refractivity contribution in [1.82, 2.24) is 4.98 Å². The van der Waals surface area contributed by atoms with Gasteiger partial charge in [0.1, 0.15) is 11.9 Å². The summed E-state index contributed by atoms with van der Waals surface area (Å²) in [4.78, 5) is 14.0. The van der Waals surface area contributed by atoms with Gasteiger partial charge in [0.15, 0.2) is 0 Å². The van der Waals surface area contributed by atoms with Crippen molar-refractivity contribution < 1.29 is 9.66 Å². The van der Waals surface area contributed by atoms with Gasteiger partial charge < -0.3 is 10.5 Å². The monoisotopic (exact) mass is 309 g/mol. The molecule has 2 rings (SSSR count). The molecule has 92 valence electrons. The minimum atomic E-state index is -0.556. The van der Waals surface area contributed by atoms with Crippen LogP contribution in [0.4, 0.5) is 11.4 Å². The minimum Gasteiger partial charge on any atom is -0.449 e. The summed E-state index contributed by atoms with van der Waals surface area (Å²) in [7, 11) is 0. The zero-order chi connectivity index (χ0) is 13.1. The lowest BCUT2D eigenvalue weighted by molar-refractivity contribution is -0.386. The molecule has 6 nitrogen and oxygen atoms in total. The molecule has 0 saturated carbocycles. The van der Waals surface area contributed by atoms with Crippen molar-refractivity contribution in [3.63, 3.8) is 0 Å². The zero-order valence-corrected chi connectivity index (χ0v) is 10.6. The van der Waals surface area contributed by atoms with Gasteiger partial charge in [0.25, 0.3) is 0 Å². The van der Waals surface area contributed by atoms with Crippen LogP contribution in [0.5, 0.6) is 11.5 Å². The summed E-state index contributed by atoms with van der Waals surface area (Å²) in [5.74, 6) is 0.519. The van der Waals surface area contributed by atoms with Gasteiger partial charge in [-0.2, -0.15) is 0 Å². The summed E-state index contributed by atoms with van der Waals surface area (Å²) >= 11 is 3.17. The number of nitrogens with zero attached hydrogens (tertiary/aromatic N) is 2. The Morgan fingerprint density at radius 3 is 2.83 bits per heavy atom. The first-order valence-corrected chi connectivity index (χ1v) is 5.68. The predicted octanol–water partition coefficient (Wildman–Crippen LogP) is 3.13. The summed E-state index contributed by atoms with van der Waals surface area (Å²) in [6.07, 6.45) is 2.56. The Bertz CT molecular complexity index is 604. The van der Waals surface area contributed by atoms with E-state index in [0.717, 1.165) is 6.20 Å². The molecule has 0 aliphatic heterocycles. The van der Waals surface area contributed by atoms with E-state index in [9.17, 15) is 10.1 Å². The SMILES string of the molecule is Nc1cccc(Oc2c(Br)cncc2[N+](=O)[O-])c1. The standard InChI is InChI=1S/C11H8BrN3O3/c12-9-5-14-6-10(15(16)17)11(9)18-8-3-1-2-7(13)4-8/h1-6H,13H2. The van der Waals surface area contributed by atoms with Gasteiger partial charge in [-0.25, -0.2) is 0 Å². The number of hydrogen-bond acceptors (Lipinski definition) is 5. The van der Waals surface area contributed by atoms with Gasteiger partial charge in [0.2, 0.25) is 5.75 Å². The molecule has 1 aromatic carbocycles. The molecular formula is C11H8BrN3O3. The summed E-state index contributed by atoms with van der Waals surface area (Å²) in [5.41, 5.74) is 5.91. The van der Waals surface area contributed by atoms with Crippen LogP contribution in [0.3, 0.4) is 0 Å². The molecule has 1 aromatic heterocycles. The van der Waals surface area contributed by atoms with Gasteiger partial charge in [-0.1, -0.05) is 6.07 Å². The number of halogens is 1. The second kappa shape index (κ2) is 5.01. The maximum Gasteiger partial charge on any atom is 0.330 e. The Morgan fingerprint density at radius 1 is 1.39 bits per heavy atom. The molecule has 0 amide bonds. The Hall–Kier alpha value is -2.15. The number of rotatable bonds is 3. The fourth-order valence-corrected chi connectivity index (χ4v) is 1.74. The van der Waals surface area contributed by atoms with Crippen molar-refractivity contribution >= 4 is 27.3 Å². The molecule has 2 N–H and O–H groups in total. The highest BCUT2D eigenvalue weighted by molar-refractivity contribution is 9.10. The van der Waals surface area contributed by atoms with Crippen molar-refractivity contribution in [3.05, 3.63) is 51.2 Å². The van der Waals surface area contributed by atoms with E-state index in [0.29, 0.717) is 15.9 Å². The molecule has 7 heteroatoms. The van der Waals surface area contributed by atoms with Crippen LogP contribution in [-0.2, 0) is 0 Å². The summed E-state index contributed by atoms with van der Waals surface area (Å²) in [6, 6.07) is 6.64. The highest BCUT2D eigenvalue weighted by Crippen LogP contribution is 2.37. The Morgan fingerprint density at radius 2 is 2.17 bits per heavy atom. The summed E-state index contributed by atoms with van der Waals surface area (Å²) in [6.45, 7) is 0. The first-order valence-electron chi connectivity index (χ1n) is 4.89. The molecule has 0 bridgehead atoms. The van der Waals surface area contributed by atoms with E-state index in [1.54, 1.807) is 24.3 Å². The van der Waals surface area contributed by atoms with Gasteiger partial charge in [0, 0.05) is 18.0 Å². The van der Waals surface area contributed by atoms with Gasteiger partial charge in [0.05, 0.1) is 9.40 Å². The largest absolute Gasteiger partial charge is 0.449 e. The number of anilines is 1. The van der Waals surface area contributed by atoms with Crippen LogP contribution in [-0.4, -0.2) is 9.91 Å². The van der Waals surface area contributed by atoms with E-state index < -0.39 is 4.92 Å². The molecule has 0 saturated heterocycles. The number of ether oxygens (including phenoxy) is 1. The average Bonchev–Trinajstić information content (AvgIpc) is 2.31. The quantitative estimate of drug-likeness (QED) is 0.534. The van der Waals surface area contributed by atoms with Crippen LogP contribution < -0.4 is 10.5 Å². The number of nitro groups is 1. The second-order valence-corrected chi connectivity index (χ2v) is 4.26. The third-order valence-corrected chi connectivity index (χ3v) is 2.67. The molecule has 0 aliphatic rings. The number of aromatic nitrogens is 1. The molecule has 1 heterocycles. The fraction of sp³-hybridized carbons (Fsp3) is 0. The lowest BCUT2D eigenvalue weighted by atomic mass is 10.3. The van der Waals surface area contributed by atoms with Gasteiger partial charge in [-0.05, 0) is 28.1 Å². The predicted molar refractivity (Wildman–Crippen MR) is 69.5 cm³/mol. The topological polar surface area (TPSA) is 91.3 Å². The third kappa shape index (κ3) is 2.57. The normalized spacial score (nSPS) is 10.1. The number of benzene rings is 1. The van der Waals surface area contributed by atoms with E-state index in [1.807, 2.05) is 0 Å². The van der Waals surface area contributed by atoms with E-state index in [-0.39, 0.29) is 11.4 Å². The van der Waals surface area contributed by atoms with Crippen LogP contribution >= 0.6 is 15.9 Å². The van der Waals surface area contributed by atoms with Gasteiger partial charge in [-0.3, -0.25) is 15.1 Å². The Balaban J connectivity index is 2.42. The van der Waals surface area contributed by atoms with Gasteiger partial charge >= 0.3 is 5.69 Å². The maximum absolute atomic E-state index is 10.9. The van der Waals surface area contributed by atoms with Gasteiger partial charge in [-0.15, -0.1) is 0 Å². The molecule has 18 heavy (non-hydrogen) atoms. The molecule has 0 radical (unpaired) electrons. The van der Waals surface area contributed by atoms with Crippen LogP contribution in [0, 0.1) is 10.1 Å². The molecule has 0 spiro atoms. The smallest absolute Gasteiger partial charge is 0.330 e. The zero-order valence-electron chi connectivity index (χ0n) is 9.04. The van der Waals surface area contributed by atoms with E-state index >= 15 is 0 Å². The summed E-state index contributed by atoms with van der Waals surface area (Å²) in [5, 5.41) is 10.9. The number of nitrogens with two attached hydrogens (primary N) is 1. The molecule has 0 unspecified atom stereocenters. The lowest BCUT2D eigenvalue weighted by Crippen LogP contribution is -1.96. The third-order valence-electron chi connectivity index (χ3n) is 2.11. The number of nitrogen functional groups attached to an aromatic ring is 1. The van der Waals surface area contributed by atoms with Crippen molar-refractivity contribution in [1.29, 1.82) is 0 Å². The maximum atomic E-state index is 10.9. The van der Waals surface area contributed by atoms with E-state index in [4.69, 9.17) is 10.5 Å². The molecular weight excluding hydrogens is 302 g/mol.